The van der Waals surface area contributed by atoms with Crippen LogP contribution in [0.3, 0.4) is 0 Å². The lowest BCUT2D eigenvalue weighted by Crippen LogP contribution is -2.22. The van der Waals surface area contributed by atoms with Crippen molar-refractivity contribution in [3.8, 4) is 23.1 Å². The number of aromatic nitrogens is 1. The second-order valence-corrected chi connectivity index (χ2v) is 4.82. The van der Waals surface area contributed by atoms with Crippen LogP contribution in [0.2, 0.25) is 0 Å². The molecule has 0 amide bonds. The Hall–Kier alpha value is -2.54. The average Bonchev–Trinajstić information content (AvgIpc) is 2.50. The molecule has 0 aliphatic carbocycles. The Morgan fingerprint density at radius 1 is 1.29 bits per heavy atom. The average molecular weight is 282 g/mol. The summed E-state index contributed by atoms with van der Waals surface area (Å²) in [5.41, 5.74) is 2.12. The van der Waals surface area contributed by atoms with Crippen molar-refractivity contribution in [1.29, 1.82) is 5.26 Å². The van der Waals surface area contributed by atoms with E-state index in [1.165, 1.54) is 0 Å². The van der Waals surface area contributed by atoms with E-state index >= 15 is 0 Å². The van der Waals surface area contributed by atoms with Crippen LogP contribution in [0.1, 0.15) is 18.9 Å². The second kappa shape index (κ2) is 6.76. The van der Waals surface area contributed by atoms with Gasteiger partial charge in [-0.25, -0.2) is 0 Å². The summed E-state index contributed by atoms with van der Waals surface area (Å²) < 4.78 is 7.19. The zero-order valence-corrected chi connectivity index (χ0v) is 12.3. The Labute approximate surface area is 124 Å². The Morgan fingerprint density at radius 3 is 2.81 bits per heavy atom. The summed E-state index contributed by atoms with van der Waals surface area (Å²) in [5.74, 6) is 0.794. The number of rotatable bonds is 5. The Balaban J connectivity index is 2.41. The third kappa shape index (κ3) is 3.32. The second-order valence-electron chi connectivity index (χ2n) is 4.82. The van der Waals surface area contributed by atoms with Crippen molar-refractivity contribution in [2.24, 2.45) is 7.05 Å². The van der Waals surface area contributed by atoms with E-state index in [-0.39, 0.29) is 12.0 Å². The van der Waals surface area contributed by atoms with Gasteiger partial charge in [-0.05, 0) is 24.6 Å². The molecular formula is C17H18N2O2. The van der Waals surface area contributed by atoms with Crippen LogP contribution in [-0.2, 0) is 13.5 Å². The highest BCUT2D eigenvalue weighted by Crippen LogP contribution is 2.23. The molecule has 2 aromatic rings. The highest BCUT2D eigenvalue weighted by Gasteiger charge is 2.08. The summed E-state index contributed by atoms with van der Waals surface area (Å²) in [4.78, 5) is 12.2. The molecule has 0 spiro atoms. The minimum absolute atomic E-state index is 0.131. The van der Waals surface area contributed by atoms with Gasteiger partial charge in [0.2, 0.25) is 0 Å². The maximum atomic E-state index is 12.2. The number of hydrogen-bond donors (Lipinski definition) is 0. The topological polar surface area (TPSA) is 55.0 Å². The lowest BCUT2D eigenvalue weighted by molar-refractivity contribution is 0.317. The first kappa shape index (κ1) is 14.9. The monoisotopic (exact) mass is 282 g/mol. The molecule has 0 atom stereocenters. The molecular weight excluding hydrogens is 264 g/mol. The first-order valence-corrected chi connectivity index (χ1v) is 6.96. The molecule has 0 N–H and O–H groups in total. The highest BCUT2D eigenvalue weighted by molar-refractivity contribution is 5.62. The molecule has 0 aliphatic heterocycles. The SMILES string of the molecule is CCCOc1cccc(-c2ccc(CC#N)c(=O)n2C)c1. The molecule has 0 fully saturated rings. The molecule has 0 bridgehead atoms. The molecule has 0 saturated carbocycles. The Bertz CT molecular complexity index is 726. The summed E-state index contributed by atoms with van der Waals surface area (Å²) in [7, 11) is 1.72. The molecule has 21 heavy (non-hydrogen) atoms. The van der Waals surface area contributed by atoms with Gasteiger partial charge in [0.25, 0.3) is 5.56 Å². The van der Waals surface area contributed by atoms with Crippen LogP contribution in [-0.4, -0.2) is 11.2 Å². The fraction of sp³-hybridized carbons (Fsp3) is 0.294. The summed E-state index contributed by atoms with van der Waals surface area (Å²) in [6.07, 6.45) is 1.08. The van der Waals surface area contributed by atoms with Crippen LogP contribution in [0, 0.1) is 11.3 Å². The van der Waals surface area contributed by atoms with Crippen LogP contribution in [0.5, 0.6) is 5.75 Å². The van der Waals surface area contributed by atoms with E-state index in [0.29, 0.717) is 12.2 Å². The van der Waals surface area contributed by atoms with Crippen molar-refractivity contribution in [1.82, 2.24) is 4.57 Å². The molecule has 108 valence electrons. The maximum Gasteiger partial charge on any atom is 0.255 e. The van der Waals surface area contributed by atoms with Gasteiger partial charge < -0.3 is 9.30 Å². The molecule has 1 aromatic heterocycles. The number of ether oxygens (including phenoxy) is 1. The molecule has 4 heteroatoms. The molecule has 0 saturated heterocycles. The van der Waals surface area contributed by atoms with Crippen LogP contribution in [0.15, 0.2) is 41.2 Å². The molecule has 1 aromatic carbocycles. The van der Waals surface area contributed by atoms with Crippen LogP contribution < -0.4 is 10.3 Å². The van der Waals surface area contributed by atoms with Gasteiger partial charge in [-0.1, -0.05) is 25.1 Å². The zero-order chi connectivity index (χ0) is 15.2. The lowest BCUT2D eigenvalue weighted by atomic mass is 10.1. The van der Waals surface area contributed by atoms with Gasteiger partial charge in [0.05, 0.1) is 24.8 Å². The minimum Gasteiger partial charge on any atom is -0.494 e. The number of benzene rings is 1. The van der Waals surface area contributed by atoms with Gasteiger partial charge in [-0.15, -0.1) is 0 Å². The van der Waals surface area contributed by atoms with E-state index in [1.54, 1.807) is 17.7 Å². The largest absolute Gasteiger partial charge is 0.494 e. The van der Waals surface area contributed by atoms with Gasteiger partial charge in [0.15, 0.2) is 0 Å². The zero-order valence-electron chi connectivity index (χ0n) is 12.3. The fourth-order valence-electron chi connectivity index (χ4n) is 2.16. The highest BCUT2D eigenvalue weighted by atomic mass is 16.5. The molecule has 0 radical (unpaired) electrons. The Kier molecular flexibility index (Phi) is 4.78. The van der Waals surface area contributed by atoms with Gasteiger partial charge >= 0.3 is 0 Å². The quantitative estimate of drug-likeness (QED) is 0.847. The molecule has 1 heterocycles. The van der Waals surface area contributed by atoms with Crippen molar-refractivity contribution >= 4 is 0 Å². The van der Waals surface area contributed by atoms with Gasteiger partial charge in [-0.2, -0.15) is 5.26 Å². The summed E-state index contributed by atoms with van der Waals surface area (Å²) in [5, 5.41) is 8.73. The van der Waals surface area contributed by atoms with E-state index in [0.717, 1.165) is 23.4 Å². The summed E-state index contributed by atoms with van der Waals surface area (Å²) in [6, 6.07) is 13.3. The van der Waals surface area contributed by atoms with Crippen LogP contribution in [0.25, 0.3) is 11.3 Å². The lowest BCUT2D eigenvalue weighted by Gasteiger charge is -2.11. The van der Waals surface area contributed by atoms with E-state index in [9.17, 15) is 4.79 Å². The summed E-state index contributed by atoms with van der Waals surface area (Å²) in [6.45, 7) is 2.73. The number of pyridine rings is 1. The molecule has 0 unspecified atom stereocenters. The third-order valence-electron chi connectivity index (χ3n) is 3.26. The number of nitriles is 1. The standard InChI is InChI=1S/C17H18N2O2/c1-3-11-21-15-6-4-5-14(12-15)16-8-7-13(9-10-18)17(20)19(16)2/h4-8,12H,3,9,11H2,1-2H3. The van der Waals surface area contributed by atoms with Gasteiger partial charge in [0.1, 0.15) is 5.75 Å². The first-order valence-electron chi connectivity index (χ1n) is 6.96. The normalized spacial score (nSPS) is 10.1. The van der Waals surface area contributed by atoms with Crippen LogP contribution >= 0.6 is 0 Å². The fourth-order valence-corrected chi connectivity index (χ4v) is 2.16. The van der Waals surface area contributed by atoms with E-state index in [2.05, 4.69) is 6.92 Å². The minimum atomic E-state index is -0.131. The third-order valence-corrected chi connectivity index (χ3v) is 3.26. The van der Waals surface area contributed by atoms with Crippen LogP contribution in [0.4, 0.5) is 0 Å². The van der Waals surface area contributed by atoms with Crippen molar-refractivity contribution in [3.63, 3.8) is 0 Å². The van der Waals surface area contributed by atoms with E-state index in [1.807, 2.05) is 36.4 Å². The van der Waals surface area contributed by atoms with Crippen molar-refractivity contribution in [2.75, 3.05) is 6.61 Å². The molecule has 0 aliphatic rings. The predicted molar refractivity (Wildman–Crippen MR) is 82.2 cm³/mol. The van der Waals surface area contributed by atoms with Crippen molar-refractivity contribution < 1.29 is 4.74 Å². The van der Waals surface area contributed by atoms with Gasteiger partial charge in [0, 0.05) is 18.2 Å². The van der Waals surface area contributed by atoms with E-state index in [4.69, 9.17) is 10.00 Å². The predicted octanol–water partition coefficient (Wildman–Crippen LogP) is 2.91. The number of hydrogen-bond acceptors (Lipinski definition) is 3. The maximum absolute atomic E-state index is 12.2. The smallest absolute Gasteiger partial charge is 0.255 e. The van der Waals surface area contributed by atoms with Crippen molar-refractivity contribution in [2.45, 2.75) is 19.8 Å². The van der Waals surface area contributed by atoms with Gasteiger partial charge in [-0.3, -0.25) is 4.79 Å². The molecule has 4 nitrogen and oxygen atoms in total. The van der Waals surface area contributed by atoms with E-state index < -0.39 is 0 Å². The Morgan fingerprint density at radius 2 is 2.10 bits per heavy atom. The van der Waals surface area contributed by atoms with Crippen molar-refractivity contribution in [3.05, 3.63) is 52.3 Å². The molecule has 2 rings (SSSR count). The first-order chi connectivity index (χ1) is 10.2. The summed E-state index contributed by atoms with van der Waals surface area (Å²) >= 11 is 0. The number of nitrogens with zero attached hydrogens (tertiary/aromatic N) is 2.